The van der Waals surface area contributed by atoms with E-state index in [-0.39, 0.29) is 23.8 Å². The van der Waals surface area contributed by atoms with Gasteiger partial charge >= 0.3 is 5.69 Å². The number of nitrogens with two attached hydrogens (primary N) is 1. The fourth-order valence-corrected chi connectivity index (χ4v) is 4.30. The molecule has 37 heavy (non-hydrogen) atoms. The second-order valence-electron chi connectivity index (χ2n) is 8.40. The Morgan fingerprint density at radius 2 is 1.70 bits per heavy atom. The number of ether oxygens (including phenoxy) is 1. The number of nitrogens with one attached hydrogen (secondary N) is 2. The maximum absolute atomic E-state index is 13.0. The van der Waals surface area contributed by atoms with Crippen LogP contribution in [0.1, 0.15) is 15.9 Å². The first-order valence-electron chi connectivity index (χ1n) is 11.3. The fraction of sp³-hybridized carbons (Fsp3) is 0.0741. The van der Waals surface area contributed by atoms with E-state index < -0.39 is 10.8 Å². The second-order valence-corrected chi connectivity index (χ2v) is 8.40. The summed E-state index contributed by atoms with van der Waals surface area (Å²) in [5.41, 5.74) is 11.0. The van der Waals surface area contributed by atoms with Crippen molar-refractivity contribution in [1.82, 2.24) is 4.98 Å². The number of nitro benzene ring substituents is 1. The van der Waals surface area contributed by atoms with Gasteiger partial charge in [-0.3, -0.25) is 24.7 Å². The molecule has 184 valence electrons. The molecule has 4 aromatic rings. The summed E-state index contributed by atoms with van der Waals surface area (Å²) in [4.78, 5) is 39.7. The summed E-state index contributed by atoms with van der Waals surface area (Å²) >= 11 is 0. The number of methoxy groups -OCH3 is 1. The Kier molecular flexibility index (Phi) is 5.98. The van der Waals surface area contributed by atoms with Gasteiger partial charge in [0.05, 0.1) is 46.8 Å². The topological polar surface area (TPSA) is 149 Å². The number of primary amides is 1. The third-order valence-electron chi connectivity index (χ3n) is 6.04. The summed E-state index contributed by atoms with van der Waals surface area (Å²) < 4.78 is 5.20. The molecule has 1 aromatic heterocycles. The number of anilines is 3. The molecule has 0 bridgehead atoms. The molecule has 0 radical (unpaired) electrons. The number of rotatable bonds is 6. The Labute approximate surface area is 211 Å². The van der Waals surface area contributed by atoms with Gasteiger partial charge in [0.25, 0.3) is 5.91 Å². The number of nitrogens with zero attached hydrogens (tertiary/aromatic N) is 2. The largest absolute Gasteiger partial charge is 0.490 e. The number of aromatic nitrogens is 1. The quantitative estimate of drug-likeness (QED) is 0.260. The highest BCUT2D eigenvalue weighted by atomic mass is 16.6. The summed E-state index contributed by atoms with van der Waals surface area (Å²) in [5.74, 6) is -0.604. The molecule has 0 fully saturated rings. The van der Waals surface area contributed by atoms with Crippen molar-refractivity contribution >= 4 is 34.6 Å². The number of carbonyl (C=O) groups is 2. The van der Waals surface area contributed by atoms with Crippen LogP contribution in [0.3, 0.4) is 0 Å². The molecular weight excluding hydrogens is 474 g/mol. The van der Waals surface area contributed by atoms with Gasteiger partial charge in [0.15, 0.2) is 5.75 Å². The zero-order chi connectivity index (χ0) is 26.1. The van der Waals surface area contributed by atoms with Crippen LogP contribution in [0.4, 0.5) is 22.7 Å². The predicted octanol–water partition coefficient (Wildman–Crippen LogP) is 4.67. The third kappa shape index (κ3) is 4.55. The lowest BCUT2D eigenvalue weighted by molar-refractivity contribution is -0.385. The molecule has 0 saturated carbocycles. The maximum atomic E-state index is 13.0. The van der Waals surface area contributed by atoms with Gasteiger partial charge < -0.3 is 21.1 Å². The predicted molar refractivity (Wildman–Crippen MR) is 139 cm³/mol. The number of fused-ring (bicyclic) bond motifs is 2. The van der Waals surface area contributed by atoms with Crippen LogP contribution in [0, 0.1) is 10.1 Å². The lowest BCUT2D eigenvalue weighted by Gasteiger charge is -2.13. The zero-order valence-electron chi connectivity index (χ0n) is 19.6. The molecule has 4 N–H and O–H groups in total. The van der Waals surface area contributed by atoms with E-state index in [2.05, 4.69) is 15.6 Å². The number of hydrogen-bond donors (Lipinski definition) is 3. The van der Waals surface area contributed by atoms with E-state index in [0.717, 1.165) is 11.1 Å². The smallest absolute Gasteiger partial charge is 0.310 e. The first-order valence-corrected chi connectivity index (χ1v) is 11.3. The molecule has 0 saturated heterocycles. The number of carbonyl (C=O) groups excluding carboxylic acids is 2. The number of hydrogen-bond acceptors (Lipinski definition) is 7. The van der Waals surface area contributed by atoms with E-state index >= 15 is 0 Å². The van der Waals surface area contributed by atoms with Crippen LogP contribution in [-0.2, 0) is 11.2 Å². The molecule has 0 spiro atoms. The number of amides is 2. The number of benzene rings is 3. The monoisotopic (exact) mass is 495 g/mol. The van der Waals surface area contributed by atoms with E-state index in [1.807, 2.05) is 12.1 Å². The summed E-state index contributed by atoms with van der Waals surface area (Å²) in [5, 5.41) is 17.5. The van der Waals surface area contributed by atoms with Crippen molar-refractivity contribution in [3.8, 4) is 28.1 Å². The minimum absolute atomic E-state index is 0.0509. The van der Waals surface area contributed by atoms with Crippen LogP contribution in [-0.4, -0.2) is 28.8 Å². The van der Waals surface area contributed by atoms with Crippen LogP contribution in [0.2, 0.25) is 0 Å². The van der Waals surface area contributed by atoms with Crippen molar-refractivity contribution in [2.45, 2.75) is 6.42 Å². The normalized spacial score (nSPS) is 11.9. The van der Waals surface area contributed by atoms with Crippen molar-refractivity contribution in [3.63, 3.8) is 0 Å². The molecule has 10 heteroatoms. The molecular formula is C27H21N5O5. The first kappa shape index (κ1) is 23.5. The maximum Gasteiger partial charge on any atom is 0.310 e. The van der Waals surface area contributed by atoms with E-state index in [4.69, 9.17) is 10.5 Å². The molecule has 1 aliphatic heterocycles. The van der Waals surface area contributed by atoms with E-state index in [1.165, 1.54) is 13.2 Å². The van der Waals surface area contributed by atoms with Crippen molar-refractivity contribution in [2.24, 2.45) is 5.73 Å². The molecule has 3 aromatic carbocycles. The van der Waals surface area contributed by atoms with Gasteiger partial charge in [0.1, 0.15) is 0 Å². The van der Waals surface area contributed by atoms with Crippen molar-refractivity contribution in [1.29, 1.82) is 0 Å². The Hall–Kier alpha value is -5.25. The summed E-state index contributed by atoms with van der Waals surface area (Å²) in [6.45, 7) is 0. The molecule has 1 aliphatic rings. The van der Waals surface area contributed by atoms with E-state index in [9.17, 15) is 19.7 Å². The van der Waals surface area contributed by atoms with Gasteiger partial charge in [-0.1, -0.05) is 18.2 Å². The average Bonchev–Trinajstić information content (AvgIpc) is 3.02. The van der Waals surface area contributed by atoms with Gasteiger partial charge in [0.2, 0.25) is 5.91 Å². The molecule has 0 atom stereocenters. The Bertz CT molecular complexity index is 1580. The van der Waals surface area contributed by atoms with Gasteiger partial charge in [-0.05, 0) is 59.2 Å². The minimum Gasteiger partial charge on any atom is -0.490 e. The van der Waals surface area contributed by atoms with Crippen LogP contribution >= 0.6 is 0 Å². The van der Waals surface area contributed by atoms with Crippen LogP contribution < -0.4 is 21.1 Å². The van der Waals surface area contributed by atoms with Crippen molar-refractivity contribution < 1.29 is 19.2 Å². The van der Waals surface area contributed by atoms with Gasteiger partial charge in [-0.25, -0.2) is 0 Å². The van der Waals surface area contributed by atoms with E-state index in [0.29, 0.717) is 39.4 Å². The highest BCUT2D eigenvalue weighted by Gasteiger charge is 2.22. The standard InChI is InChI=1S/C27H21N5O5/c1-37-24-13-16(6-9-23(24)32(35)36)15-4-7-19-21(11-15)30-22-12-18(5-8-20(22)31-27(19)34)26-17(14-25(28)33)3-2-10-29-26/h2-13,30H,14H2,1H3,(H2,28,33)(H,31,34). The molecule has 0 unspecified atom stereocenters. The lowest BCUT2D eigenvalue weighted by atomic mass is 10.0. The average molecular weight is 495 g/mol. The number of nitro groups is 1. The Morgan fingerprint density at radius 3 is 2.46 bits per heavy atom. The van der Waals surface area contributed by atoms with E-state index in [1.54, 1.807) is 54.7 Å². The zero-order valence-corrected chi connectivity index (χ0v) is 19.6. The minimum atomic E-state index is -0.503. The first-order chi connectivity index (χ1) is 17.8. The lowest BCUT2D eigenvalue weighted by Crippen LogP contribution is -2.14. The highest BCUT2D eigenvalue weighted by molar-refractivity contribution is 6.12. The van der Waals surface area contributed by atoms with Crippen molar-refractivity contribution in [2.75, 3.05) is 17.7 Å². The molecule has 0 aliphatic carbocycles. The summed E-state index contributed by atoms with van der Waals surface area (Å²) in [6, 6.07) is 18.8. The summed E-state index contributed by atoms with van der Waals surface area (Å²) in [6.07, 6.45) is 1.69. The SMILES string of the molecule is COc1cc(-c2ccc3c(c2)Nc2cc(-c4ncccc4CC(N)=O)ccc2NC3=O)ccc1[N+](=O)[O-]. The Morgan fingerprint density at radius 1 is 0.973 bits per heavy atom. The third-order valence-corrected chi connectivity index (χ3v) is 6.04. The summed E-state index contributed by atoms with van der Waals surface area (Å²) in [7, 11) is 1.37. The Balaban J connectivity index is 1.55. The van der Waals surface area contributed by atoms with Gasteiger partial charge in [0, 0.05) is 17.8 Å². The van der Waals surface area contributed by atoms with Crippen LogP contribution in [0.5, 0.6) is 5.75 Å². The second kappa shape index (κ2) is 9.42. The molecule has 5 rings (SSSR count). The number of pyridine rings is 1. The van der Waals surface area contributed by atoms with Crippen LogP contribution in [0.15, 0.2) is 72.9 Å². The van der Waals surface area contributed by atoms with Crippen LogP contribution in [0.25, 0.3) is 22.4 Å². The molecule has 10 nitrogen and oxygen atoms in total. The van der Waals surface area contributed by atoms with Gasteiger partial charge in [-0.2, -0.15) is 0 Å². The molecule has 2 heterocycles. The van der Waals surface area contributed by atoms with Crippen molar-refractivity contribution in [3.05, 3.63) is 94.2 Å². The fourth-order valence-electron chi connectivity index (χ4n) is 4.30. The van der Waals surface area contributed by atoms with Gasteiger partial charge in [-0.15, -0.1) is 0 Å². The molecule has 2 amide bonds. The highest BCUT2D eigenvalue weighted by Crippen LogP contribution is 2.38.